The molecule has 262 valence electrons. The first kappa shape index (κ1) is 31.5. The summed E-state index contributed by atoms with van der Waals surface area (Å²) in [7, 11) is 0. The fraction of sp³-hybridized carbons (Fsp3) is 0.0196. The highest BCUT2D eigenvalue weighted by atomic mass is 32.1. The van der Waals surface area contributed by atoms with E-state index in [4.69, 9.17) is 4.42 Å². The molecule has 8 aromatic carbocycles. The summed E-state index contributed by atoms with van der Waals surface area (Å²) in [4.78, 5) is 6.23. The lowest BCUT2D eigenvalue weighted by molar-refractivity contribution is 0.651. The van der Waals surface area contributed by atoms with Crippen LogP contribution >= 0.6 is 11.3 Å². The highest BCUT2D eigenvalue weighted by Gasteiger charge is 2.47. The van der Waals surface area contributed by atoms with Crippen LogP contribution in [0.5, 0.6) is 0 Å². The Morgan fingerprint density at radius 3 is 1.77 bits per heavy atom. The van der Waals surface area contributed by atoms with E-state index in [1.54, 1.807) is 0 Å². The van der Waals surface area contributed by atoms with E-state index in [-0.39, 0.29) is 6.71 Å². The van der Waals surface area contributed by atoms with E-state index in [9.17, 15) is 0 Å². The van der Waals surface area contributed by atoms with Gasteiger partial charge >= 0.3 is 0 Å². The summed E-state index contributed by atoms with van der Waals surface area (Å²) in [6.07, 6.45) is 0. The van der Waals surface area contributed by atoms with Gasteiger partial charge in [0, 0.05) is 54.3 Å². The summed E-state index contributed by atoms with van der Waals surface area (Å²) in [5.74, 6) is 0. The number of fused-ring (bicyclic) bond motifs is 8. The highest BCUT2D eigenvalue weighted by Crippen LogP contribution is 2.50. The molecule has 0 radical (unpaired) electrons. The minimum absolute atomic E-state index is 0.144. The van der Waals surface area contributed by atoms with E-state index < -0.39 is 0 Å². The molecule has 0 spiro atoms. The zero-order chi connectivity index (χ0) is 36.9. The van der Waals surface area contributed by atoms with Crippen molar-refractivity contribution < 1.29 is 4.42 Å². The molecule has 0 bridgehead atoms. The van der Waals surface area contributed by atoms with Gasteiger partial charge in [0.25, 0.3) is 6.71 Å². The van der Waals surface area contributed by atoms with E-state index in [2.05, 4.69) is 199 Å². The SMILES string of the molecule is Cc1cc2c3c(c1)N(c1ccccc1)c1c(oc4cc5ccccc5cc14)B3c1cc3c(-c4ccccc4)c(-c4ccccc4)sc3cc1N2c1ccccc1. The molecule has 0 fully saturated rings. The van der Waals surface area contributed by atoms with Crippen molar-refractivity contribution in [3.8, 4) is 21.6 Å². The smallest absolute Gasteiger partial charge is 0.297 e. The van der Waals surface area contributed by atoms with E-state index in [0.717, 1.165) is 33.7 Å². The lowest BCUT2D eigenvalue weighted by atomic mass is 9.35. The second-order valence-corrected chi connectivity index (χ2v) is 16.0. The Bertz CT molecular complexity index is 3160. The molecule has 0 saturated heterocycles. The Kier molecular flexibility index (Phi) is 6.81. The van der Waals surface area contributed by atoms with Gasteiger partial charge in [0.15, 0.2) is 0 Å². The van der Waals surface area contributed by atoms with Gasteiger partial charge in [-0.2, -0.15) is 0 Å². The number of nitrogens with zero attached hydrogens (tertiary/aromatic N) is 2. The quantitative estimate of drug-likeness (QED) is 0.168. The number of aryl methyl sites for hydroxylation is 1. The van der Waals surface area contributed by atoms with Gasteiger partial charge in [-0.3, -0.25) is 0 Å². The molecule has 2 aliphatic rings. The van der Waals surface area contributed by atoms with Gasteiger partial charge < -0.3 is 14.2 Å². The predicted octanol–water partition coefficient (Wildman–Crippen LogP) is 12.5. The largest absolute Gasteiger partial charge is 0.468 e. The second-order valence-electron chi connectivity index (χ2n) is 14.9. The predicted molar refractivity (Wildman–Crippen MR) is 239 cm³/mol. The summed E-state index contributed by atoms with van der Waals surface area (Å²) in [5.41, 5.74) is 16.2. The first-order chi connectivity index (χ1) is 27.7. The van der Waals surface area contributed by atoms with Crippen LogP contribution in [0.3, 0.4) is 0 Å². The molecule has 12 rings (SSSR count). The van der Waals surface area contributed by atoms with Crippen molar-refractivity contribution in [1.82, 2.24) is 0 Å². The van der Waals surface area contributed by atoms with Crippen molar-refractivity contribution in [3.05, 3.63) is 188 Å². The average molecular weight is 733 g/mol. The zero-order valence-corrected chi connectivity index (χ0v) is 31.4. The molecule has 10 aromatic rings. The maximum Gasteiger partial charge on any atom is 0.297 e. The molecule has 0 amide bonds. The highest BCUT2D eigenvalue weighted by molar-refractivity contribution is 7.23. The van der Waals surface area contributed by atoms with Gasteiger partial charge in [0.05, 0.1) is 11.3 Å². The van der Waals surface area contributed by atoms with Crippen molar-refractivity contribution in [2.24, 2.45) is 0 Å². The molecule has 56 heavy (non-hydrogen) atoms. The Morgan fingerprint density at radius 2 is 1.09 bits per heavy atom. The molecule has 5 heteroatoms. The molecule has 0 saturated carbocycles. The number of hydrogen-bond acceptors (Lipinski definition) is 4. The van der Waals surface area contributed by atoms with Crippen LogP contribution in [0.1, 0.15) is 5.56 Å². The fourth-order valence-corrected chi connectivity index (χ4v) is 10.5. The van der Waals surface area contributed by atoms with E-state index in [1.165, 1.54) is 76.0 Å². The van der Waals surface area contributed by atoms with E-state index in [0.29, 0.717) is 0 Å². The lowest BCUT2D eigenvalue weighted by Crippen LogP contribution is -2.61. The topological polar surface area (TPSA) is 19.6 Å². The van der Waals surface area contributed by atoms with Crippen molar-refractivity contribution in [2.45, 2.75) is 6.92 Å². The summed E-state index contributed by atoms with van der Waals surface area (Å²) in [6.45, 7) is 2.08. The normalized spacial score (nSPS) is 13.0. The van der Waals surface area contributed by atoms with Gasteiger partial charge in [-0.1, -0.05) is 127 Å². The van der Waals surface area contributed by atoms with Crippen molar-refractivity contribution >= 4 is 101 Å². The fourth-order valence-electron chi connectivity index (χ4n) is 9.28. The third-order valence-electron chi connectivity index (χ3n) is 11.6. The maximum absolute atomic E-state index is 7.27. The van der Waals surface area contributed by atoms with Crippen LogP contribution in [-0.2, 0) is 0 Å². The average Bonchev–Trinajstić information content (AvgIpc) is 3.81. The number of hydrogen-bond donors (Lipinski definition) is 0. The summed E-state index contributed by atoms with van der Waals surface area (Å²) < 4.78 is 8.53. The third-order valence-corrected chi connectivity index (χ3v) is 12.8. The van der Waals surface area contributed by atoms with Crippen LogP contribution in [-0.4, -0.2) is 6.71 Å². The van der Waals surface area contributed by atoms with Gasteiger partial charge in [0.1, 0.15) is 5.58 Å². The number of thiophene rings is 1. The zero-order valence-electron chi connectivity index (χ0n) is 30.6. The van der Waals surface area contributed by atoms with Crippen LogP contribution < -0.4 is 26.4 Å². The molecule has 3 nitrogen and oxygen atoms in total. The summed E-state index contributed by atoms with van der Waals surface area (Å²) in [6, 6.07) is 66.3. The molecule has 0 atom stereocenters. The minimum Gasteiger partial charge on any atom is -0.468 e. The molecule has 2 aromatic heterocycles. The molecule has 0 unspecified atom stereocenters. The van der Waals surface area contributed by atoms with Gasteiger partial charge in [-0.25, -0.2) is 0 Å². The van der Waals surface area contributed by atoms with E-state index >= 15 is 0 Å². The number of rotatable bonds is 4. The molecule has 0 N–H and O–H groups in total. The number of furan rings is 1. The molecule has 0 aliphatic carbocycles. The lowest BCUT2D eigenvalue weighted by Gasteiger charge is -2.42. The second kappa shape index (κ2) is 12.1. The first-order valence-corrected chi connectivity index (χ1v) is 20.0. The Morgan fingerprint density at radius 1 is 0.518 bits per heavy atom. The van der Waals surface area contributed by atoms with Crippen LogP contribution in [0.4, 0.5) is 34.1 Å². The van der Waals surface area contributed by atoms with Gasteiger partial charge in [-0.15, -0.1) is 11.3 Å². The Labute approximate surface area is 329 Å². The van der Waals surface area contributed by atoms with Crippen molar-refractivity contribution in [1.29, 1.82) is 0 Å². The number of anilines is 6. The van der Waals surface area contributed by atoms with Gasteiger partial charge in [0.2, 0.25) is 0 Å². The van der Waals surface area contributed by atoms with Crippen LogP contribution in [0, 0.1) is 6.92 Å². The standard InChI is InChI=1S/C51H33BN2OS/c1-32-26-43-48-44(27-32)54(38-24-12-5-13-25-38)49-39-28-35-20-14-15-21-36(35)29-45(39)55-51(49)52(48)41-30-40-46(31-42(41)53(43)37-22-10-4-11-23-37)56-50(34-18-8-3-9-19-34)47(40)33-16-6-2-7-17-33/h2-31H,1H3. The Hall–Kier alpha value is -6.82. The van der Waals surface area contributed by atoms with Gasteiger partial charge in [-0.05, 0) is 99.9 Å². The Balaban J connectivity index is 1.23. The van der Waals surface area contributed by atoms with Crippen molar-refractivity contribution in [2.75, 3.05) is 9.80 Å². The summed E-state index contributed by atoms with van der Waals surface area (Å²) >= 11 is 1.88. The third kappa shape index (κ3) is 4.58. The molecule has 2 aliphatic heterocycles. The monoisotopic (exact) mass is 732 g/mol. The molecular weight excluding hydrogens is 699 g/mol. The van der Waals surface area contributed by atoms with Crippen LogP contribution in [0.2, 0.25) is 0 Å². The molecular formula is C51H33BN2OS. The van der Waals surface area contributed by atoms with E-state index in [1.807, 2.05) is 11.3 Å². The first-order valence-electron chi connectivity index (χ1n) is 19.2. The van der Waals surface area contributed by atoms with Crippen molar-refractivity contribution in [3.63, 3.8) is 0 Å². The number of para-hydroxylation sites is 2. The maximum atomic E-state index is 7.27. The minimum atomic E-state index is -0.144. The summed E-state index contributed by atoms with van der Waals surface area (Å²) in [5, 5.41) is 4.76. The van der Waals surface area contributed by atoms with Crippen LogP contribution in [0.25, 0.3) is 53.4 Å². The number of benzene rings is 8. The molecule has 4 heterocycles. The van der Waals surface area contributed by atoms with Crippen LogP contribution in [0.15, 0.2) is 186 Å².